The van der Waals surface area contributed by atoms with Crippen LogP contribution < -0.4 is 0 Å². The van der Waals surface area contributed by atoms with Gasteiger partial charge in [0.15, 0.2) is 5.78 Å². The summed E-state index contributed by atoms with van der Waals surface area (Å²) in [7, 11) is 0. The topological polar surface area (TPSA) is 17.1 Å². The van der Waals surface area contributed by atoms with Crippen molar-refractivity contribution in [1.29, 1.82) is 0 Å². The molecule has 0 aromatic heterocycles. The van der Waals surface area contributed by atoms with Gasteiger partial charge in [-0.3, -0.25) is 4.79 Å². The molecule has 0 radical (unpaired) electrons. The highest BCUT2D eigenvalue weighted by molar-refractivity contribution is 6.33. The summed E-state index contributed by atoms with van der Waals surface area (Å²) in [5.74, 6) is 0.233. The Bertz CT molecular complexity index is 2010. The van der Waals surface area contributed by atoms with Gasteiger partial charge < -0.3 is 0 Å². The molecule has 7 aromatic carbocycles. The SMILES string of the molecule is O=C1Cc2cc3cc4c5ccccc5c5ccccc5c4cc3c3c2c1cc1ccccc13. The standard InChI is InChI=1S/C32H18O/c33-30-16-20-13-19-15-27-24-11-5-3-9-22(24)23-10-4-6-12-25(23)28(27)17-26(19)32-21-8-2-1-7-18(21)14-29(30)31(20)32/h1-15,17H,16H2. The first-order valence-corrected chi connectivity index (χ1v) is 11.5. The second-order valence-corrected chi connectivity index (χ2v) is 9.24. The average Bonchev–Trinajstić information content (AvgIpc) is 3.18. The minimum absolute atomic E-state index is 0.233. The van der Waals surface area contributed by atoms with E-state index in [1.807, 2.05) is 0 Å². The first-order chi connectivity index (χ1) is 16.3. The Morgan fingerprint density at radius 3 is 1.73 bits per heavy atom. The van der Waals surface area contributed by atoms with Crippen LogP contribution in [0.3, 0.4) is 0 Å². The number of benzene rings is 7. The van der Waals surface area contributed by atoms with Crippen molar-refractivity contribution in [3.8, 4) is 0 Å². The van der Waals surface area contributed by atoms with Gasteiger partial charge in [0.25, 0.3) is 0 Å². The summed E-state index contributed by atoms with van der Waals surface area (Å²) in [4.78, 5) is 13.0. The summed E-state index contributed by atoms with van der Waals surface area (Å²) in [6, 6.07) is 34.9. The van der Waals surface area contributed by atoms with Crippen LogP contribution in [0, 0.1) is 0 Å². The molecule has 0 spiro atoms. The Morgan fingerprint density at radius 2 is 1.03 bits per heavy atom. The van der Waals surface area contributed by atoms with Crippen LogP contribution in [0.4, 0.5) is 0 Å². The second-order valence-electron chi connectivity index (χ2n) is 9.24. The monoisotopic (exact) mass is 418 g/mol. The summed E-state index contributed by atoms with van der Waals surface area (Å²) in [6.07, 6.45) is 0.495. The molecule has 0 N–H and O–H groups in total. The van der Waals surface area contributed by atoms with E-state index in [2.05, 4.69) is 97.1 Å². The smallest absolute Gasteiger partial charge is 0.167 e. The van der Waals surface area contributed by atoms with Crippen molar-refractivity contribution in [3.63, 3.8) is 0 Å². The third-order valence-electron chi connectivity index (χ3n) is 7.54. The molecule has 0 aliphatic heterocycles. The fourth-order valence-electron chi connectivity index (χ4n) is 6.15. The van der Waals surface area contributed by atoms with Crippen LogP contribution in [-0.2, 0) is 6.42 Å². The molecule has 1 aliphatic carbocycles. The van der Waals surface area contributed by atoms with E-state index in [1.54, 1.807) is 0 Å². The fraction of sp³-hybridized carbons (Fsp3) is 0.0312. The first-order valence-electron chi connectivity index (χ1n) is 11.5. The number of hydrogen-bond donors (Lipinski definition) is 0. The van der Waals surface area contributed by atoms with Gasteiger partial charge in [0.05, 0.1) is 0 Å². The van der Waals surface area contributed by atoms with Crippen LogP contribution in [0.15, 0.2) is 97.1 Å². The lowest BCUT2D eigenvalue weighted by Crippen LogP contribution is -1.93. The van der Waals surface area contributed by atoms with Gasteiger partial charge in [-0.05, 0) is 88.4 Å². The lowest BCUT2D eigenvalue weighted by atomic mass is 9.88. The van der Waals surface area contributed by atoms with Gasteiger partial charge in [0, 0.05) is 12.0 Å². The minimum Gasteiger partial charge on any atom is -0.294 e. The van der Waals surface area contributed by atoms with Gasteiger partial charge in [-0.2, -0.15) is 0 Å². The number of rotatable bonds is 0. The highest BCUT2D eigenvalue weighted by atomic mass is 16.1. The number of carbonyl (C=O) groups excluding carboxylic acids is 1. The maximum absolute atomic E-state index is 13.0. The molecule has 0 saturated heterocycles. The molecule has 1 nitrogen and oxygen atoms in total. The van der Waals surface area contributed by atoms with E-state index in [-0.39, 0.29) is 5.78 Å². The van der Waals surface area contributed by atoms with Crippen molar-refractivity contribution >= 4 is 70.4 Å². The van der Waals surface area contributed by atoms with Crippen LogP contribution in [0.2, 0.25) is 0 Å². The Kier molecular flexibility index (Phi) is 3.13. The summed E-state index contributed by atoms with van der Waals surface area (Å²) >= 11 is 0. The Hall–Kier alpha value is -4.23. The van der Waals surface area contributed by atoms with Gasteiger partial charge in [0.2, 0.25) is 0 Å². The van der Waals surface area contributed by atoms with Gasteiger partial charge in [-0.25, -0.2) is 0 Å². The Morgan fingerprint density at radius 1 is 0.455 bits per heavy atom. The molecule has 33 heavy (non-hydrogen) atoms. The van der Waals surface area contributed by atoms with Crippen molar-refractivity contribution in [2.45, 2.75) is 6.42 Å². The molecule has 7 aromatic rings. The third-order valence-corrected chi connectivity index (χ3v) is 7.54. The largest absolute Gasteiger partial charge is 0.294 e. The third kappa shape index (κ3) is 2.14. The second kappa shape index (κ2) is 5.96. The maximum atomic E-state index is 13.0. The molecule has 0 amide bonds. The van der Waals surface area contributed by atoms with Gasteiger partial charge in [-0.15, -0.1) is 0 Å². The van der Waals surface area contributed by atoms with E-state index in [4.69, 9.17) is 0 Å². The van der Waals surface area contributed by atoms with E-state index in [9.17, 15) is 4.79 Å². The molecule has 1 heteroatoms. The Labute approximate surface area is 189 Å². The maximum Gasteiger partial charge on any atom is 0.167 e. The average molecular weight is 418 g/mol. The molecule has 8 rings (SSSR count). The highest BCUT2D eigenvalue weighted by Crippen LogP contribution is 2.44. The zero-order valence-corrected chi connectivity index (χ0v) is 17.9. The van der Waals surface area contributed by atoms with Gasteiger partial charge in [0.1, 0.15) is 0 Å². The molecule has 0 bridgehead atoms. The minimum atomic E-state index is 0.233. The summed E-state index contributed by atoms with van der Waals surface area (Å²) in [5, 5.41) is 14.8. The van der Waals surface area contributed by atoms with Crippen molar-refractivity contribution in [2.24, 2.45) is 0 Å². The highest BCUT2D eigenvalue weighted by Gasteiger charge is 2.25. The van der Waals surface area contributed by atoms with Crippen molar-refractivity contribution in [2.75, 3.05) is 0 Å². The zero-order valence-electron chi connectivity index (χ0n) is 17.9. The molecular weight excluding hydrogens is 400 g/mol. The van der Waals surface area contributed by atoms with E-state index in [0.29, 0.717) is 6.42 Å². The van der Waals surface area contributed by atoms with E-state index in [1.165, 1.54) is 53.9 Å². The van der Waals surface area contributed by atoms with Crippen LogP contribution >= 0.6 is 0 Å². The molecular formula is C32H18O. The van der Waals surface area contributed by atoms with Crippen LogP contribution in [-0.4, -0.2) is 5.78 Å². The number of fused-ring (bicyclic) bond motifs is 10. The number of carbonyl (C=O) groups is 1. The van der Waals surface area contributed by atoms with E-state index >= 15 is 0 Å². The molecule has 152 valence electrons. The summed E-state index contributed by atoms with van der Waals surface area (Å²) < 4.78 is 0. The van der Waals surface area contributed by atoms with Crippen LogP contribution in [0.1, 0.15) is 15.9 Å². The predicted molar refractivity (Wildman–Crippen MR) is 140 cm³/mol. The number of ketones is 1. The summed E-state index contributed by atoms with van der Waals surface area (Å²) in [5.41, 5.74) is 2.04. The lowest BCUT2D eigenvalue weighted by molar-refractivity contribution is 0.1000. The van der Waals surface area contributed by atoms with Gasteiger partial charge in [-0.1, -0.05) is 78.9 Å². The number of hydrogen-bond acceptors (Lipinski definition) is 1. The van der Waals surface area contributed by atoms with Crippen molar-refractivity contribution in [3.05, 3.63) is 108 Å². The zero-order chi connectivity index (χ0) is 21.7. The molecule has 0 heterocycles. The Balaban J connectivity index is 1.70. The fourth-order valence-corrected chi connectivity index (χ4v) is 6.15. The van der Waals surface area contributed by atoms with Crippen LogP contribution in [0.25, 0.3) is 64.6 Å². The first kappa shape index (κ1) is 17.3. The molecule has 0 fully saturated rings. The van der Waals surface area contributed by atoms with E-state index in [0.717, 1.165) is 21.9 Å². The van der Waals surface area contributed by atoms with E-state index < -0.39 is 0 Å². The lowest BCUT2D eigenvalue weighted by Gasteiger charge is -2.15. The van der Waals surface area contributed by atoms with Crippen LogP contribution in [0.5, 0.6) is 0 Å². The van der Waals surface area contributed by atoms with Gasteiger partial charge >= 0.3 is 0 Å². The van der Waals surface area contributed by atoms with Crippen molar-refractivity contribution in [1.82, 2.24) is 0 Å². The quantitative estimate of drug-likeness (QED) is 0.179. The molecule has 0 unspecified atom stereocenters. The number of Topliss-reactive ketones (excluding diaryl/α,β-unsaturated/α-hetero) is 1. The van der Waals surface area contributed by atoms with Crippen molar-refractivity contribution < 1.29 is 4.79 Å². The molecule has 1 aliphatic rings. The normalized spacial score (nSPS) is 13.4. The molecule has 0 saturated carbocycles. The summed E-state index contributed by atoms with van der Waals surface area (Å²) in [6.45, 7) is 0. The predicted octanol–water partition coefficient (Wildman–Crippen LogP) is 8.34. The molecule has 0 atom stereocenters.